The van der Waals surface area contributed by atoms with E-state index < -0.39 is 17.5 Å². The molecule has 0 atom stereocenters. The first-order valence-corrected chi connectivity index (χ1v) is 2.91. The van der Waals surface area contributed by atoms with Crippen LogP contribution in [0.25, 0.3) is 0 Å². The molecular weight excluding hydrogens is 157 g/mol. The Balaban J connectivity index is 0.000001000. The molecule has 0 aliphatic heterocycles. The van der Waals surface area contributed by atoms with Gasteiger partial charge in [0.05, 0.1) is 18.1 Å². The summed E-state index contributed by atoms with van der Waals surface area (Å²) in [7, 11) is 0. The molecule has 0 aromatic rings. The summed E-state index contributed by atoms with van der Waals surface area (Å²) in [5.41, 5.74) is -1.40. The zero-order chi connectivity index (χ0) is 7.78. The fourth-order valence-corrected chi connectivity index (χ4v) is 1.05. The van der Waals surface area contributed by atoms with E-state index in [9.17, 15) is 9.90 Å². The maximum Gasteiger partial charge on any atom is 1.00 e. The van der Waals surface area contributed by atoms with Gasteiger partial charge in [0.1, 0.15) is 5.41 Å². The standard InChI is InChI=1S/C6H7NO3.Na/c7-3-6(5(9)10)1-4(8)2-6;/h4,8H,1-2H2,(H,9,10);/q;+1/p-1. The molecule has 1 N–H and O–H groups in total. The quantitative estimate of drug-likeness (QED) is 0.394. The molecule has 0 unspecified atom stereocenters. The molecule has 1 saturated carbocycles. The molecule has 1 fully saturated rings. The third-order valence-corrected chi connectivity index (χ3v) is 1.77. The minimum Gasteiger partial charge on any atom is -0.548 e. The molecule has 0 radical (unpaired) electrons. The van der Waals surface area contributed by atoms with Gasteiger partial charge in [-0.1, -0.05) is 0 Å². The van der Waals surface area contributed by atoms with E-state index in [0.29, 0.717) is 0 Å². The van der Waals surface area contributed by atoms with E-state index in [4.69, 9.17) is 10.4 Å². The van der Waals surface area contributed by atoms with Crippen molar-refractivity contribution < 1.29 is 44.6 Å². The molecule has 0 heterocycles. The Hall–Kier alpha value is -0.0800. The fourth-order valence-electron chi connectivity index (χ4n) is 1.05. The van der Waals surface area contributed by atoms with Gasteiger partial charge in [-0.3, -0.25) is 0 Å². The third kappa shape index (κ3) is 1.74. The van der Waals surface area contributed by atoms with Gasteiger partial charge >= 0.3 is 29.6 Å². The van der Waals surface area contributed by atoms with Crippen molar-refractivity contribution in [3.05, 3.63) is 0 Å². The van der Waals surface area contributed by atoms with Crippen molar-refractivity contribution in [2.45, 2.75) is 18.9 Å². The number of aliphatic hydroxyl groups excluding tert-OH is 1. The zero-order valence-electron chi connectivity index (χ0n) is 6.20. The molecule has 0 aromatic heterocycles. The predicted octanol–water partition coefficient (Wildman–Crippen LogP) is -4.60. The zero-order valence-corrected chi connectivity index (χ0v) is 8.20. The van der Waals surface area contributed by atoms with Crippen LogP contribution in [-0.2, 0) is 4.79 Å². The Bertz CT molecular complexity index is 204. The van der Waals surface area contributed by atoms with E-state index in [0.717, 1.165) is 0 Å². The number of carboxylic acids is 1. The molecule has 5 heteroatoms. The number of hydrogen-bond donors (Lipinski definition) is 1. The Labute approximate surface area is 86.1 Å². The summed E-state index contributed by atoms with van der Waals surface area (Å²) < 4.78 is 0. The van der Waals surface area contributed by atoms with Gasteiger partial charge < -0.3 is 15.0 Å². The molecule has 0 saturated heterocycles. The first-order chi connectivity index (χ1) is 4.60. The van der Waals surface area contributed by atoms with E-state index >= 15 is 0 Å². The van der Waals surface area contributed by atoms with Gasteiger partial charge in [-0.2, -0.15) is 5.26 Å². The minimum absolute atomic E-state index is 0. The Morgan fingerprint density at radius 3 is 2.27 bits per heavy atom. The normalized spacial score (nSPS) is 34.4. The summed E-state index contributed by atoms with van der Waals surface area (Å²) in [4.78, 5) is 10.2. The summed E-state index contributed by atoms with van der Waals surface area (Å²) in [6.45, 7) is 0. The van der Waals surface area contributed by atoms with Crippen molar-refractivity contribution in [2.75, 3.05) is 0 Å². The molecule has 1 aliphatic rings. The number of carbonyl (C=O) groups is 1. The second-order valence-electron chi connectivity index (χ2n) is 2.54. The Morgan fingerprint density at radius 2 is 2.18 bits per heavy atom. The number of hydrogen-bond acceptors (Lipinski definition) is 4. The molecule has 4 nitrogen and oxygen atoms in total. The van der Waals surface area contributed by atoms with Crippen LogP contribution < -0.4 is 34.7 Å². The van der Waals surface area contributed by atoms with Crippen molar-refractivity contribution >= 4 is 5.97 Å². The van der Waals surface area contributed by atoms with Crippen LogP contribution in [0.3, 0.4) is 0 Å². The third-order valence-electron chi connectivity index (χ3n) is 1.77. The molecule has 0 bridgehead atoms. The molecule has 0 aromatic carbocycles. The van der Waals surface area contributed by atoms with Gasteiger partial charge in [-0.25, -0.2) is 0 Å². The van der Waals surface area contributed by atoms with Crippen LogP contribution in [0.2, 0.25) is 0 Å². The van der Waals surface area contributed by atoms with Crippen LogP contribution in [0.4, 0.5) is 0 Å². The van der Waals surface area contributed by atoms with E-state index in [1.54, 1.807) is 6.07 Å². The summed E-state index contributed by atoms with van der Waals surface area (Å²) in [6.07, 6.45) is -0.630. The number of carbonyl (C=O) groups excluding carboxylic acids is 1. The first-order valence-electron chi connectivity index (χ1n) is 2.91. The Kier molecular flexibility index (Phi) is 3.52. The number of nitrogens with zero attached hydrogens (tertiary/aromatic N) is 1. The van der Waals surface area contributed by atoms with Gasteiger partial charge in [-0.15, -0.1) is 0 Å². The molecule has 1 aliphatic carbocycles. The summed E-state index contributed by atoms with van der Waals surface area (Å²) in [6, 6.07) is 1.62. The van der Waals surface area contributed by atoms with E-state index in [1.165, 1.54) is 0 Å². The van der Waals surface area contributed by atoms with Crippen molar-refractivity contribution in [1.82, 2.24) is 0 Å². The molecule has 1 rings (SSSR count). The smallest absolute Gasteiger partial charge is 0.548 e. The SMILES string of the molecule is N#CC1(C(=O)[O-])CC(O)C1.[Na+]. The van der Waals surface area contributed by atoms with Crippen molar-refractivity contribution in [1.29, 1.82) is 5.26 Å². The average Bonchev–Trinajstić information content (AvgIpc) is 1.79. The number of nitriles is 1. The molecule has 0 spiro atoms. The summed E-state index contributed by atoms with van der Waals surface area (Å²) >= 11 is 0. The molecular formula is C6H6NNaO3. The van der Waals surface area contributed by atoms with Crippen LogP contribution in [-0.4, -0.2) is 17.2 Å². The van der Waals surface area contributed by atoms with Gasteiger partial charge in [0.25, 0.3) is 0 Å². The number of rotatable bonds is 1. The monoisotopic (exact) mass is 163 g/mol. The Morgan fingerprint density at radius 1 is 1.73 bits per heavy atom. The van der Waals surface area contributed by atoms with Gasteiger partial charge in [0.15, 0.2) is 0 Å². The second-order valence-corrected chi connectivity index (χ2v) is 2.54. The molecule has 54 valence electrons. The van der Waals surface area contributed by atoms with Gasteiger partial charge in [0, 0.05) is 0 Å². The minimum atomic E-state index is -1.40. The van der Waals surface area contributed by atoms with Crippen molar-refractivity contribution in [3.8, 4) is 6.07 Å². The van der Waals surface area contributed by atoms with E-state index in [1.807, 2.05) is 0 Å². The fraction of sp³-hybridized carbons (Fsp3) is 0.667. The maximum atomic E-state index is 10.2. The van der Waals surface area contributed by atoms with E-state index in [2.05, 4.69) is 0 Å². The number of aliphatic hydroxyl groups is 1. The summed E-state index contributed by atoms with van der Waals surface area (Å²) in [5, 5.41) is 27.3. The predicted molar refractivity (Wildman–Crippen MR) is 28.3 cm³/mol. The number of aliphatic carboxylic acids is 1. The second kappa shape index (κ2) is 3.55. The van der Waals surface area contributed by atoms with Crippen LogP contribution in [0.15, 0.2) is 0 Å². The molecule has 11 heavy (non-hydrogen) atoms. The van der Waals surface area contributed by atoms with Crippen molar-refractivity contribution in [2.24, 2.45) is 5.41 Å². The number of carboxylic acid groups (broad SMARTS) is 1. The van der Waals surface area contributed by atoms with Gasteiger partial charge in [0.2, 0.25) is 0 Å². The molecule has 0 amide bonds. The van der Waals surface area contributed by atoms with Crippen molar-refractivity contribution in [3.63, 3.8) is 0 Å². The van der Waals surface area contributed by atoms with Crippen LogP contribution in [0, 0.1) is 16.7 Å². The van der Waals surface area contributed by atoms with Gasteiger partial charge in [-0.05, 0) is 12.8 Å². The van der Waals surface area contributed by atoms with Crippen LogP contribution >= 0.6 is 0 Å². The largest absolute Gasteiger partial charge is 1.00 e. The topological polar surface area (TPSA) is 84.2 Å². The van der Waals surface area contributed by atoms with Crippen LogP contribution in [0.5, 0.6) is 0 Å². The van der Waals surface area contributed by atoms with E-state index in [-0.39, 0.29) is 42.4 Å². The first kappa shape index (κ1) is 10.9. The summed E-state index contributed by atoms with van der Waals surface area (Å²) in [5.74, 6) is -1.37. The van der Waals surface area contributed by atoms with Crippen LogP contribution in [0.1, 0.15) is 12.8 Å². The average molecular weight is 163 g/mol. The maximum absolute atomic E-state index is 10.2.